The number of ether oxygens (including phenoxy) is 1. The van der Waals surface area contributed by atoms with Crippen LogP contribution in [0.15, 0.2) is 29.3 Å². The summed E-state index contributed by atoms with van der Waals surface area (Å²) in [5, 5.41) is 1.26. The summed E-state index contributed by atoms with van der Waals surface area (Å²) in [4.78, 5) is 18.8. The van der Waals surface area contributed by atoms with Crippen LogP contribution in [0.25, 0.3) is 10.9 Å². The first kappa shape index (κ1) is 21.8. The summed E-state index contributed by atoms with van der Waals surface area (Å²) in [7, 11) is 4.16. The molecule has 150 valence electrons. The van der Waals surface area contributed by atoms with Crippen molar-refractivity contribution in [3.63, 3.8) is 0 Å². The van der Waals surface area contributed by atoms with E-state index in [0.29, 0.717) is 18.9 Å². The third-order valence-corrected chi connectivity index (χ3v) is 5.91. The van der Waals surface area contributed by atoms with Gasteiger partial charge in [0.15, 0.2) is 0 Å². The van der Waals surface area contributed by atoms with E-state index in [-0.39, 0.29) is 5.97 Å². The lowest BCUT2D eigenvalue weighted by atomic mass is 10.0. The van der Waals surface area contributed by atoms with E-state index in [9.17, 15) is 4.79 Å². The quantitative estimate of drug-likeness (QED) is 0.385. The molecule has 0 fully saturated rings. The van der Waals surface area contributed by atoms with Crippen molar-refractivity contribution in [1.29, 1.82) is 0 Å². The molecule has 1 atom stereocenters. The molecule has 0 bridgehead atoms. The molecule has 0 amide bonds. The van der Waals surface area contributed by atoms with Gasteiger partial charge in [0.1, 0.15) is 0 Å². The first-order valence-electron chi connectivity index (χ1n) is 10.1. The Morgan fingerprint density at radius 3 is 2.78 bits per heavy atom. The summed E-state index contributed by atoms with van der Waals surface area (Å²) in [6, 6.07) is 6.48. The maximum atomic E-state index is 12.1. The van der Waals surface area contributed by atoms with E-state index in [1.807, 2.05) is 6.20 Å². The zero-order valence-electron chi connectivity index (χ0n) is 17.2. The molecular weight excluding hydrogens is 356 g/mol. The number of unbranched alkanes of at least 4 members (excludes halogenated alkanes) is 1. The number of carbonyl (C=O) groups is 1. The lowest BCUT2D eigenvalue weighted by Crippen LogP contribution is -2.14. The van der Waals surface area contributed by atoms with E-state index >= 15 is 0 Å². The Hall–Kier alpha value is -1.46. The van der Waals surface area contributed by atoms with E-state index < -0.39 is 0 Å². The Kier molecular flexibility index (Phi) is 9.22. The molecule has 0 aliphatic carbocycles. The van der Waals surface area contributed by atoms with Gasteiger partial charge < -0.3 is 14.6 Å². The molecule has 1 unspecified atom stereocenters. The van der Waals surface area contributed by atoms with Crippen LogP contribution in [0.3, 0.4) is 0 Å². The molecule has 1 heterocycles. The largest absolute Gasteiger partial charge is 0.465 e. The average molecular weight is 391 g/mol. The van der Waals surface area contributed by atoms with Gasteiger partial charge in [-0.2, -0.15) is 0 Å². The molecule has 2 aromatic rings. The van der Waals surface area contributed by atoms with Gasteiger partial charge in [-0.15, -0.1) is 11.8 Å². The van der Waals surface area contributed by atoms with Crippen LogP contribution in [0, 0.1) is 5.92 Å². The van der Waals surface area contributed by atoms with Gasteiger partial charge in [0.05, 0.1) is 18.5 Å². The van der Waals surface area contributed by atoms with Crippen LogP contribution < -0.4 is 0 Å². The van der Waals surface area contributed by atoms with Crippen molar-refractivity contribution in [3.05, 3.63) is 30.0 Å². The number of aromatic amines is 1. The molecule has 1 N–H and O–H groups in total. The molecule has 0 spiro atoms. The van der Waals surface area contributed by atoms with Crippen molar-refractivity contribution in [3.8, 4) is 0 Å². The second kappa shape index (κ2) is 11.4. The lowest BCUT2D eigenvalue weighted by molar-refractivity contribution is -0.144. The van der Waals surface area contributed by atoms with Crippen molar-refractivity contribution in [1.82, 2.24) is 9.88 Å². The second-order valence-corrected chi connectivity index (χ2v) is 8.56. The molecule has 27 heavy (non-hydrogen) atoms. The Morgan fingerprint density at radius 2 is 2.07 bits per heavy atom. The number of hydrogen-bond acceptors (Lipinski definition) is 4. The van der Waals surface area contributed by atoms with Crippen LogP contribution in [0.4, 0.5) is 0 Å². The number of rotatable bonds is 12. The molecule has 0 saturated heterocycles. The summed E-state index contributed by atoms with van der Waals surface area (Å²) in [5.74, 6) is 1.17. The van der Waals surface area contributed by atoms with Crippen molar-refractivity contribution < 1.29 is 9.53 Å². The molecule has 0 radical (unpaired) electrons. The first-order chi connectivity index (χ1) is 13.0. The van der Waals surface area contributed by atoms with Crippen LogP contribution in [-0.2, 0) is 16.1 Å². The molecule has 5 heteroatoms. The fourth-order valence-corrected chi connectivity index (χ4v) is 4.18. The monoisotopic (exact) mass is 390 g/mol. The number of hydrogen-bond donors (Lipinski definition) is 1. The van der Waals surface area contributed by atoms with Crippen molar-refractivity contribution in [2.45, 2.75) is 57.4 Å². The van der Waals surface area contributed by atoms with Gasteiger partial charge in [0.25, 0.3) is 0 Å². The molecule has 2 rings (SSSR count). The Bertz CT molecular complexity index is 711. The topological polar surface area (TPSA) is 45.3 Å². The van der Waals surface area contributed by atoms with Crippen LogP contribution in [-0.4, -0.2) is 42.3 Å². The minimum atomic E-state index is -0.0793. The van der Waals surface area contributed by atoms with Gasteiger partial charge in [0.2, 0.25) is 0 Å². The fourth-order valence-electron chi connectivity index (χ4n) is 3.21. The molecule has 1 aromatic carbocycles. The van der Waals surface area contributed by atoms with E-state index in [2.05, 4.69) is 56.0 Å². The molecule has 4 nitrogen and oxygen atoms in total. The molecular formula is C22H34N2O2S. The highest BCUT2D eigenvalue weighted by molar-refractivity contribution is 7.99. The van der Waals surface area contributed by atoms with Crippen LogP contribution in [0.2, 0.25) is 0 Å². The van der Waals surface area contributed by atoms with E-state index in [1.165, 1.54) is 34.2 Å². The average Bonchev–Trinajstić information content (AvgIpc) is 3.13. The highest BCUT2D eigenvalue weighted by Gasteiger charge is 2.12. The number of nitrogens with zero attached hydrogens (tertiary/aromatic N) is 1. The maximum absolute atomic E-state index is 12.1. The third-order valence-electron chi connectivity index (χ3n) is 4.85. The number of thioether (sulfide) groups is 1. The molecule has 1 aromatic heterocycles. The van der Waals surface area contributed by atoms with Gasteiger partial charge in [-0.1, -0.05) is 39.2 Å². The first-order valence-corrected chi connectivity index (χ1v) is 11.1. The van der Waals surface area contributed by atoms with E-state index in [4.69, 9.17) is 4.74 Å². The Balaban J connectivity index is 1.83. The number of carbonyl (C=O) groups excluding carboxylic acids is 1. The number of esters is 1. The minimum absolute atomic E-state index is 0.0793. The zero-order valence-corrected chi connectivity index (χ0v) is 18.0. The SMILES string of the molecule is CCCCC(CC)COC(=O)CCSc1ccc(CN(C)C)c2cc[nH]c12. The predicted molar refractivity (Wildman–Crippen MR) is 115 cm³/mol. The van der Waals surface area contributed by atoms with E-state index in [0.717, 1.165) is 25.1 Å². The van der Waals surface area contributed by atoms with Crippen LogP contribution >= 0.6 is 11.8 Å². The Morgan fingerprint density at radius 1 is 1.26 bits per heavy atom. The van der Waals surface area contributed by atoms with E-state index in [1.54, 1.807) is 11.8 Å². The van der Waals surface area contributed by atoms with Gasteiger partial charge in [-0.3, -0.25) is 4.79 Å². The lowest BCUT2D eigenvalue weighted by Gasteiger charge is -2.14. The van der Waals surface area contributed by atoms with Gasteiger partial charge in [-0.25, -0.2) is 0 Å². The molecule has 0 aliphatic heterocycles. The van der Waals surface area contributed by atoms with Crippen molar-refractivity contribution >= 4 is 28.6 Å². The standard InChI is InChI=1S/C22H34N2O2S/c1-5-7-8-17(6-2)16-26-21(25)12-14-27-20-10-9-18(15-24(3)4)19-11-13-23-22(19)20/h9-11,13,17,23H,5-8,12,14-16H2,1-4H3. The third kappa shape index (κ3) is 6.89. The molecule has 0 aliphatic rings. The molecule has 0 saturated carbocycles. The summed E-state index contributed by atoms with van der Waals surface area (Å²) in [6.07, 6.45) is 7.08. The predicted octanol–water partition coefficient (Wildman–Crippen LogP) is 5.47. The minimum Gasteiger partial charge on any atom is -0.465 e. The number of nitrogens with one attached hydrogen (secondary N) is 1. The number of benzene rings is 1. The highest BCUT2D eigenvalue weighted by Crippen LogP contribution is 2.30. The zero-order chi connectivity index (χ0) is 19.6. The Labute approximate surface area is 168 Å². The van der Waals surface area contributed by atoms with Crippen LogP contribution in [0.1, 0.15) is 51.5 Å². The fraction of sp³-hybridized carbons (Fsp3) is 0.591. The highest BCUT2D eigenvalue weighted by atomic mass is 32.2. The summed E-state index contributed by atoms with van der Waals surface area (Å²) >= 11 is 1.72. The number of fused-ring (bicyclic) bond motifs is 1. The van der Waals surface area contributed by atoms with Gasteiger partial charge in [0, 0.05) is 28.8 Å². The number of H-pyrrole nitrogens is 1. The maximum Gasteiger partial charge on any atom is 0.306 e. The van der Waals surface area contributed by atoms with Gasteiger partial charge in [-0.05, 0) is 44.1 Å². The second-order valence-electron chi connectivity index (χ2n) is 7.42. The van der Waals surface area contributed by atoms with Gasteiger partial charge >= 0.3 is 5.97 Å². The smallest absolute Gasteiger partial charge is 0.306 e. The summed E-state index contributed by atoms with van der Waals surface area (Å²) < 4.78 is 5.50. The summed E-state index contributed by atoms with van der Waals surface area (Å²) in [6.45, 7) is 5.86. The van der Waals surface area contributed by atoms with Crippen LogP contribution in [0.5, 0.6) is 0 Å². The van der Waals surface area contributed by atoms with Crippen molar-refractivity contribution in [2.75, 3.05) is 26.5 Å². The summed E-state index contributed by atoms with van der Waals surface area (Å²) in [5.41, 5.74) is 2.48. The van der Waals surface area contributed by atoms with Crippen molar-refractivity contribution in [2.24, 2.45) is 5.92 Å². The normalized spacial score (nSPS) is 12.6. The number of aromatic nitrogens is 1.